The van der Waals surface area contributed by atoms with E-state index in [-0.39, 0.29) is 0 Å². The van der Waals surface area contributed by atoms with Gasteiger partial charge in [-0.05, 0) is 43.7 Å². The Kier molecular flexibility index (Phi) is 2.73. The van der Waals surface area contributed by atoms with Crippen LogP contribution in [-0.2, 0) is 0 Å². The number of rotatable bonds is 2. The van der Waals surface area contributed by atoms with Crippen LogP contribution in [0.4, 0.5) is 0 Å². The first-order valence-corrected chi connectivity index (χ1v) is 3.97. The van der Waals surface area contributed by atoms with Gasteiger partial charge in [-0.1, -0.05) is 6.58 Å². The smallest absolute Gasteiger partial charge is 0.00713 e. The van der Waals surface area contributed by atoms with E-state index in [1.165, 1.54) is 24.8 Å². The van der Waals surface area contributed by atoms with Gasteiger partial charge in [-0.25, -0.2) is 0 Å². The highest BCUT2D eigenvalue weighted by Crippen LogP contribution is 2.31. The topological polar surface area (TPSA) is 26.0 Å². The molecule has 10 heavy (non-hydrogen) atoms. The van der Waals surface area contributed by atoms with Crippen molar-refractivity contribution >= 4 is 0 Å². The lowest BCUT2D eigenvalue weighted by molar-refractivity contribution is 0.581. The van der Waals surface area contributed by atoms with Crippen molar-refractivity contribution in [3.63, 3.8) is 0 Å². The van der Waals surface area contributed by atoms with E-state index < -0.39 is 0 Å². The molecule has 0 bridgehead atoms. The van der Waals surface area contributed by atoms with Crippen LogP contribution in [-0.4, -0.2) is 6.54 Å². The summed E-state index contributed by atoms with van der Waals surface area (Å²) in [6.07, 6.45) is 4.93. The molecule has 1 aliphatic carbocycles. The molecule has 0 saturated heterocycles. The van der Waals surface area contributed by atoms with E-state index in [9.17, 15) is 0 Å². The van der Waals surface area contributed by atoms with Crippen molar-refractivity contribution in [3.8, 4) is 0 Å². The van der Waals surface area contributed by atoms with Gasteiger partial charge in [0.25, 0.3) is 0 Å². The van der Waals surface area contributed by atoms with E-state index in [1.807, 2.05) is 0 Å². The molecule has 0 aromatic carbocycles. The van der Waals surface area contributed by atoms with E-state index in [2.05, 4.69) is 12.3 Å². The second kappa shape index (κ2) is 3.60. The van der Waals surface area contributed by atoms with Crippen LogP contribution >= 0.6 is 0 Å². The largest absolute Gasteiger partial charge is 0.330 e. The van der Waals surface area contributed by atoms with Crippen molar-refractivity contribution < 1.29 is 0 Å². The second-order valence-corrected chi connectivity index (χ2v) is 2.87. The molecule has 1 aliphatic rings. The Morgan fingerprint density at radius 2 is 2.50 bits per heavy atom. The van der Waals surface area contributed by atoms with E-state index in [4.69, 9.17) is 5.73 Å². The predicted molar refractivity (Wildman–Crippen MR) is 43.7 cm³/mol. The Hall–Kier alpha value is -0.520. The highest BCUT2D eigenvalue weighted by Gasteiger charge is 2.18. The molecule has 1 unspecified atom stereocenters. The number of nitrogens with two attached hydrogens (primary N) is 1. The highest BCUT2D eigenvalue weighted by atomic mass is 14.5. The lowest BCUT2D eigenvalue weighted by Crippen LogP contribution is -2.06. The normalized spacial score (nSPS) is 24.9. The molecular weight excluding hydrogens is 122 g/mol. The van der Waals surface area contributed by atoms with Crippen LogP contribution in [0.2, 0.25) is 0 Å². The van der Waals surface area contributed by atoms with Crippen molar-refractivity contribution in [3.05, 3.63) is 17.9 Å². The fourth-order valence-electron chi connectivity index (χ4n) is 1.67. The maximum atomic E-state index is 5.46. The zero-order valence-corrected chi connectivity index (χ0v) is 6.40. The lowest BCUT2D eigenvalue weighted by Gasteiger charge is -2.06. The zero-order chi connectivity index (χ0) is 7.40. The molecule has 1 fully saturated rings. The minimum atomic E-state index is 0.711. The molecule has 0 radical (unpaired) electrons. The Morgan fingerprint density at radius 1 is 1.70 bits per heavy atom. The van der Waals surface area contributed by atoms with Gasteiger partial charge in [-0.2, -0.15) is 0 Å². The van der Waals surface area contributed by atoms with Crippen LogP contribution in [0.1, 0.15) is 25.7 Å². The Morgan fingerprint density at radius 3 is 3.10 bits per heavy atom. The first-order chi connectivity index (χ1) is 4.88. The molecule has 1 saturated carbocycles. The molecule has 1 atom stereocenters. The fourth-order valence-corrected chi connectivity index (χ4v) is 1.67. The third-order valence-corrected chi connectivity index (χ3v) is 2.23. The van der Waals surface area contributed by atoms with Crippen molar-refractivity contribution in [2.75, 3.05) is 6.54 Å². The van der Waals surface area contributed by atoms with Gasteiger partial charge in [0.2, 0.25) is 0 Å². The van der Waals surface area contributed by atoms with Crippen LogP contribution in [0.3, 0.4) is 0 Å². The van der Waals surface area contributed by atoms with Crippen LogP contribution in [0.15, 0.2) is 17.9 Å². The summed E-state index contributed by atoms with van der Waals surface area (Å²) < 4.78 is 0. The standard InChI is InChI=1S/C9H15N/c1-2-8-4-3-5-9(8)6-7-10/h9H,1,3-7,10H2. The van der Waals surface area contributed by atoms with Crippen LogP contribution in [0.25, 0.3) is 0 Å². The van der Waals surface area contributed by atoms with Gasteiger partial charge in [0.15, 0.2) is 0 Å². The van der Waals surface area contributed by atoms with Crippen molar-refractivity contribution in [2.45, 2.75) is 25.7 Å². The van der Waals surface area contributed by atoms with Crippen molar-refractivity contribution in [1.29, 1.82) is 0 Å². The van der Waals surface area contributed by atoms with Crippen LogP contribution in [0, 0.1) is 5.92 Å². The molecule has 2 N–H and O–H groups in total. The third-order valence-electron chi connectivity index (χ3n) is 2.23. The predicted octanol–water partition coefficient (Wildman–Crippen LogP) is 1.85. The van der Waals surface area contributed by atoms with E-state index in [1.54, 1.807) is 0 Å². The molecule has 0 aliphatic heterocycles. The van der Waals surface area contributed by atoms with Gasteiger partial charge in [-0.15, -0.1) is 5.73 Å². The summed E-state index contributed by atoms with van der Waals surface area (Å²) >= 11 is 0. The molecule has 0 amide bonds. The molecule has 0 aromatic heterocycles. The maximum Gasteiger partial charge on any atom is -0.00713 e. The monoisotopic (exact) mass is 137 g/mol. The zero-order valence-electron chi connectivity index (χ0n) is 6.40. The molecular formula is C9H15N. The van der Waals surface area contributed by atoms with Gasteiger partial charge in [-0.3, -0.25) is 0 Å². The summed E-state index contributed by atoms with van der Waals surface area (Å²) in [5.74, 6) is 0.711. The minimum absolute atomic E-state index is 0.711. The van der Waals surface area contributed by atoms with Gasteiger partial charge in [0.05, 0.1) is 0 Å². The SMILES string of the molecule is C=C=C1CCCC1CCN. The highest BCUT2D eigenvalue weighted by molar-refractivity contribution is 5.08. The molecule has 1 rings (SSSR count). The first kappa shape index (κ1) is 7.59. The van der Waals surface area contributed by atoms with E-state index >= 15 is 0 Å². The number of allylic oxidation sites excluding steroid dienone is 1. The second-order valence-electron chi connectivity index (χ2n) is 2.87. The summed E-state index contributed by atoms with van der Waals surface area (Å²) in [6.45, 7) is 4.47. The van der Waals surface area contributed by atoms with Gasteiger partial charge in [0, 0.05) is 0 Å². The lowest BCUT2D eigenvalue weighted by atomic mass is 10.0. The summed E-state index contributed by atoms with van der Waals surface area (Å²) in [7, 11) is 0. The Balaban J connectivity index is 2.50. The van der Waals surface area contributed by atoms with E-state index in [0.29, 0.717) is 5.92 Å². The summed E-state index contributed by atoms with van der Waals surface area (Å²) in [5, 5.41) is 0. The molecule has 56 valence electrons. The summed E-state index contributed by atoms with van der Waals surface area (Å²) in [5.41, 5.74) is 9.88. The molecule has 1 nitrogen and oxygen atoms in total. The van der Waals surface area contributed by atoms with Gasteiger partial charge in [0.1, 0.15) is 0 Å². The van der Waals surface area contributed by atoms with E-state index in [0.717, 1.165) is 13.0 Å². The molecule has 0 heterocycles. The Labute approximate surface area is 62.6 Å². The number of hydrogen-bond acceptors (Lipinski definition) is 1. The minimum Gasteiger partial charge on any atom is -0.330 e. The third kappa shape index (κ3) is 1.50. The van der Waals surface area contributed by atoms with Crippen molar-refractivity contribution in [2.24, 2.45) is 11.7 Å². The molecule has 0 spiro atoms. The van der Waals surface area contributed by atoms with Crippen molar-refractivity contribution in [1.82, 2.24) is 0 Å². The summed E-state index contributed by atoms with van der Waals surface area (Å²) in [6, 6.07) is 0. The van der Waals surface area contributed by atoms with Gasteiger partial charge >= 0.3 is 0 Å². The molecule has 0 aromatic rings. The number of hydrogen-bond donors (Lipinski definition) is 1. The first-order valence-electron chi connectivity index (χ1n) is 3.97. The van der Waals surface area contributed by atoms with Gasteiger partial charge < -0.3 is 5.73 Å². The Bertz CT molecular complexity index is 154. The maximum absolute atomic E-state index is 5.46. The average Bonchev–Trinajstić information content (AvgIpc) is 2.36. The quantitative estimate of drug-likeness (QED) is 0.577. The van der Waals surface area contributed by atoms with Crippen LogP contribution < -0.4 is 5.73 Å². The average molecular weight is 137 g/mol. The molecule has 1 heteroatoms. The fraction of sp³-hybridized carbons (Fsp3) is 0.667. The summed E-state index contributed by atoms with van der Waals surface area (Å²) in [4.78, 5) is 0. The van der Waals surface area contributed by atoms with Crippen LogP contribution in [0.5, 0.6) is 0 Å².